The molecular weight excluding hydrogens is 322 g/mol. The molecule has 0 bridgehead atoms. The number of nitrogens with one attached hydrogen (secondary N) is 1. The third kappa shape index (κ3) is 2.33. The van der Waals surface area contributed by atoms with E-state index in [0.29, 0.717) is 5.56 Å². The standard InChI is InChI=1S/C12H11BrF2N2S/c1-6-7(4-5-18-6)12(17-16)8-2-3-9(14)11(15)10(8)13/h2-5,12,17H,16H2,1H3. The first kappa shape index (κ1) is 13.6. The van der Waals surface area contributed by atoms with Gasteiger partial charge in [-0.2, -0.15) is 0 Å². The van der Waals surface area contributed by atoms with Crippen molar-refractivity contribution in [3.8, 4) is 0 Å². The van der Waals surface area contributed by atoms with Gasteiger partial charge in [-0.3, -0.25) is 5.84 Å². The van der Waals surface area contributed by atoms with Gasteiger partial charge < -0.3 is 0 Å². The van der Waals surface area contributed by atoms with Crippen LogP contribution in [0.2, 0.25) is 0 Å². The summed E-state index contributed by atoms with van der Waals surface area (Å²) < 4.78 is 26.7. The van der Waals surface area contributed by atoms with Crippen LogP contribution in [0.4, 0.5) is 8.78 Å². The maximum absolute atomic E-state index is 13.5. The molecule has 0 aliphatic rings. The Hall–Kier alpha value is -0.820. The molecule has 0 fully saturated rings. The minimum absolute atomic E-state index is 0.0936. The summed E-state index contributed by atoms with van der Waals surface area (Å²) in [6, 6.07) is 4.16. The number of thiophene rings is 1. The SMILES string of the molecule is Cc1sccc1C(NN)c1ccc(F)c(F)c1Br. The Labute approximate surface area is 116 Å². The van der Waals surface area contributed by atoms with Crippen LogP contribution in [0.3, 0.4) is 0 Å². The molecule has 96 valence electrons. The first-order valence-corrected chi connectivity index (χ1v) is 6.87. The van der Waals surface area contributed by atoms with Crippen molar-refractivity contribution in [2.75, 3.05) is 0 Å². The Morgan fingerprint density at radius 2 is 2.00 bits per heavy atom. The monoisotopic (exact) mass is 332 g/mol. The van der Waals surface area contributed by atoms with Gasteiger partial charge in [0.15, 0.2) is 11.6 Å². The fraction of sp³-hybridized carbons (Fsp3) is 0.167. The molecular formula is C12H11BrF2N2S. The van der Waals surface area contributed by atoms with Crippen LogP contribution in [0, 0.1) is 18.6 Å². The summed E-state index contributed by atoms with van der Waals surface area (Å²) in [5.41, 5.74) is 4.16. The molecule has 3 N–H and O–H groups in total. The van der Waals surface area contributed by atoms with Crippen LogP contribution in [-0.4, -0.2) is 0 Å². The fourth-order valence-electron chi connectivity index (χ4n) is 1.81. The van der Waals surface area contributed by atoms with Crippen LogP contribution < -0.4 is 11.3 Å². The van der Waals surface area contributed by atoms with Crippen LogP contribution in [0.1, 0.15) is 22.0 Å². The number of halogens is 3. The Morgan fingerprint density at radius 1 is 1.28 bits per heavy atom. The summed E-state index contributed by atoms with van der Waals surface area (Å²) in [5, 5.41) is 1.93. The highest BCUT2D eigenvalue weighted by Crippen LogP contribution is 2.33. The summed E-state index contributed by atoms with van der Waals surface area (Å²) in [7, 11) is 0. The Morgan fingerprint density at radius 3 is 2.56 bits per heavy atom. The van der Waals surface area contributed by atoms with Gasteiger partial charge in [0.1, 0.15) is 0 Å². The van der Waals surface area contributed by atoms with Gasteiger partial charge in [-0.15, -0.1) is 11.3 Å². The number of benzene rings is 1. The number of aryl methyl sites for hydroxylation is 1. The zero-order valence-electron chi connectivity index (χ0n) is 9.51. The molecule has 2 aromatic rings. The lowest BCUT2D eigenvalue weighted by molar-refractivity contribution is 0.498. The average molecular weight is 333 g/mol. The van der Waals surface area contributed by atoms with Gasteiger partial charge in [-0.25, -0.2) is 14.2 Å². The molecule has 0 aliphatic carbocycles. The van der Waals surface area contributed by atoms with Crippen molar-refractivity contribution < 1.29 is 8.78 Å². The normalized spacial score (nSPS) is 12.7. The van der Waals surface area contributed by atoms with E-state index in [1.807, 2.05) is 18.4 Å². The summed E-state index contributed by atoms with van der Waals surface area (Å²) in [5.74, 6) is 3.75. The van der Waals surface area contributed by atoms with Gasteiger partial charge in [-0.1, -0.05) is 6.07 Å². The third-order valence-electron chi connectivity index (χ3n) is 2.75. The number of hydrogen-bond acceptors (Lipinski definition) is 3. The minimum Gasteiger partial charge on any atom is -0.271 e. The second-order valence-electron chi connectivity index (χ2n) is 3.80. The minimum atomic E-state index is -0.902. The summed E-state index contributed by atoms with van der Waals surface area (Å²) in [4.78, 5) is 1.08. The number of hydrogen-bond donors (Lipinski definition) is 2. The molecule has 1 aromatic heterocycles. The van der Waals surface area contributed by atoms with Crippen LogP contribution in [0.25, 0.3) is 0 Å². The predicted octanol–water partition coefficient (Wildman–Crippen LogP) is 3.65. The summed E-state index contributed by atoms with van der Waals surface area (Å²) >= 11 is 4.65. The highest BCUT2D eigenvalue weighted by atomic mass is 79.9. The van der Waals surface area contributed by atoms with Crippen molar-refractivity contribution in [3.05, 3.63) is 55.7 Å². The molecule has 6 heteroatoms. The van der Waals surface area contributed by atoms with E-state index in [1.54, 1.807) is 11.3 Å². The molecule has 1 unspecified atom stereocenters. The van der Waals surface area contributed by atoms with Crippen molar-refractivity contribution in [1.82, 2.24) is 5.43 Å². The van der Waals surface area contributed by atoms with Crippen LogP contribution in [-0.2, 0) is 0 Å². The molecule has 0 saturated carbocycles. The first-order chi connectivity index (χ1) is 8.56. The first-order valence-electron chi connectivity index (χ1n) is 5.19. The molecule has 1 atom stereocenters. The van der Waals surface area contributed by atoms with Gasteiger partial charge in [0, 0.05) is 4.88 Å². The quantitative estimate of drug-likeness (QED) is 0.511. The van der Waals surface area contributed by atoms with Crippen molar-refractivity contribution in [2.24, 2.45) is 5.84 Å². The van der Waals surface area contributed by atoms with E-state index in [1.165, 1.54) is 6.07 Å². The van der Waals surface area contributed by atoms with E-state index in [-0.39, 0.29) is 10.5 Å². The van der Waals surface area contributed by atoms with E-state index in [4.69, 9.17) is 5.84 Å². The molecule has 0 radical (unpaired) electrons. The largest absolute Gasteiger partial charge is 0.271 e. The molecule has 1 heterocycles. The Balaban J connectivity index is 2.53. The van der Waals surface area contributed by atoms with E-state index in [0.717, 1.165) is 16.5 Å². The van der Waals surface area contributed by atoms with Gasteiger partial charge in [0.25, 0.3) is 0 Å². The van der Waals surface area contributed by atoms with Crippen LogP contribution in [0.15, 0.2) is 28.1 Å². The second kappa shape index (κ2) is 5.44. The number of nitrogens with two attached hydrogens (primary N) is 1. The molecule has 18 heavy (non-hydrogen) atoms. The van der Waals surface area contributed by atoms with Gasteiger partial charge in [-0.05, 0) is 51.5 Å². The molecule has 0 aliphatic heterocycles. The maximum Gasteiger partial charge on any atom is 0.173 e. The lowest BCUT2D eigenvalue weighted by Gasteiger charge is -2.18. The van der Waals surface area contributed by atoms with Crippen LogP contribution >= 0.6 is 27.3 Å². The Kier molecular flexibility index (Phi) is 4.11. The third-order valence-corrected chi connectivity index (χ3v) is 4.42. The zero-order chi connectivity index (χ0) is 13.3. The predicted molar refractivity (Wildman–Crippen MR) is 72.3 cm³/mol. The van der Waals surface area contributed by atoms with E-state index in [2.05, 4.69) is 21.4 Å². The molecule has 0 amide bonds. The molecule has 0 saturated heterocycles. The molecule has 0 spiro atoms. The van der Waals surface area contributed by atoms with Crippen molar-refractivity contribution in [3.63, 3.8) is 0 Å². The lowest BCUT2D eigenvalue weighted by atomic mass is 10.00. The maximum atomic E-state index is 13.5. The zero-order valence-corrected chi connectivity index (χ0v) is 11.9. The van der Waals surface area contributed by atoms with Gasteiger partial charge in [0.05, 0.1) is 10.5 Å². The summed E-state index contributed by atoms with van der Waals surface area (Å²) in [6.07, 6.45) is 0. The van der Waals surface area contributed by atoms with Crippen molar-refractivity contribution in [2.45, 2.75) is 13.0 Å². The molecule has 2 nitrogen and oxygen atoms in total. The highest BCUT2D eigenvalue weighted by molar-refractivity contribution is 9.10. The van der Waals surface area contributed by atoms with Gasteiger partial charge >= 0.3 is 0 Å². The topological polar surface area (TPSA) is 38.0 Å². The Bertz CT molecular complexity index is 571. The molecule has 1 aromatic carbocycles. The fourth-order valence-corrected chi connectivity index (χ4v) is 3.10. The number of rotatable bonds is 3. The average Bonchev–Trinajstić information content (AvgIpc) is 2.77. The summed E-state index contributed by atoms with van der Waals surface area (Å²) in [6.45, 7) is 1.96. The second-order valence-corrected chi connectivity index (χ2v) is 5.71. The van der Waals surface area contributed by atoms with Crippen molar-refractivity contribution >= 4 is 27.3 Å². The molecule has 2 rings (SSSR count). The smallest absolute Gasteiger partial charge is 0.173 e. The van der Waals surface area contributed by atoms with E-state index < -0.39 is 11.6 Å². The van der Waals surface area contributed by atoms with E-state index >= 15 is 0 Å². The van der Waals surface area contributed by atoms with Crippen molar-refractivity contribution in [1.29, 1.82) is 0 Å². The van der Waals surface area contributed by atoms with Crippen LogP contribution in [0.5, 0.6) is 0 Å². The highest BCUT2D eigenvalue weighted by Gasteiger charge is 2.21. The van der Waals surface area contributed by atoms with E-state index in [9.17, 15) is 8.78 Å². The van der Waals surface area contributed by atoms with Gasteiger partial charge in [0.2, 0.25) is 0 Å². The lowest BCUT2D eigenvalue weighted by Crippen LogP contribution is -2.29. The number of hydrazine groups is 1.